The second-order valence-electron chi connectivity index (χ2n) is 6.10. The molecule has 3 rings (SSSR count). The highest BCUT2D eigenvalue weighted by molar-refractivity contribution is 5.91. The van der Waals surface area contributed by atoms with Gasteiger partial charge in [0, 0.05) is 12.6 Å². The van der Waals surface area contributed by atoms with Crippen LogP contribution < -0.4 is 20.2 Å². The van der Waals surface area contributed by atoms with Gasteiger partial charge in [-0.25, -0.2) is 0 Å². The molecule has 144 valence electrons. The fourth-order valence-electron chi connectivity index (χ4n) is 2.59. The fraction of sp³-hybridized carbons (Fsp3) is 0.182. The first-order valence-corrected chi connectivity index (χ1v) is 8.86. The number of ether oxygens (including phenoxy) is 2. The summed E-state index contributed by atoms with van der Waals surface area (Å²) in [5.74, 6) is 0.329. The van der Waals surface area contributed by atoms with Crippen molar-refractivity contribution in [2.24, 2.45) is 0 Å². The summed E-state index contributed by atoms with van der Waals surface area (Å²) in [6, 6.07) is 18.2. The molecule has 6 nitrogen and oxygen atoms in total. The van der Waals surface area contributed by atoms with Crippen molar-refractivity contribution in [1.29, 1.82) is 0 Å². The highest BCUT2D eigenvalue weighted by Crippen LogP contribution is 2.13. The maximum Gasteiger partial charge on any atom is 0.287 e. The molecule has 1 N–H and O–H groups in total. The quantitative estimate of drug-likeness (QED) is 0.650. The molecule has 2 aromatic carbocycles. The van der Waals surface area contributed by atoms with Crippen molar-refractivity contribution in [1.82, 2.24) is 5.32 Å². The largest absolute Gasteiger partial charge is 0.497 e. The van der Waals surface area contributed by atoms with Gasteiger partial charge in [0.25, 0.3) is 5.91 Å². The van der Waals surface area contributed by atoms with Crippen LogP contribution in [0.5, 0.6) is 11.5 Å². The zero-order valence-electron chi connectivity index (χ0n) is 15.5. The number of benzene rings is 2. The molecule has 1 heterocycles. The lowest BCUT2D eigenvalue weighted by atomic mass is 10.1. The van der Waals surface area contributed by atoms with Gasteiger partial charge in [-0.3, -0.25) is 9.59 Å². The lowest BCUT2D eigenvalue weighted by molar-refractivity contribution is 0.0923. The van der Waals surface area contributed by atoms with Gasteiger partial charge >= 0.3 is 0 Å². The Bertz CT molecular complexity index is 981. The van der Waals surface area contributed by atoms with Crippen LogP contribution in [0.15, 0.2) is 76.1 Å². The van der Waals surface area contributed by atoms with Crippen molar-refractivity contribution in [3.05, 3.63) is 94.0 Å². The van der Waals surface area contributed by atoms with Crippen LogP contribution in [-0.4, -0.2) is 19.6 Å². The maximum atomic E-state index is 12.2. The first-order chi connectivity index (χ1) is 13.7. The highest BCUT2D eigenvalue weighted by Gasteiger charge is 2.12. The van der Waals surface area contributed by atoms with Crippen LogP contribution in [0.1, 0.15) is 21.7 Å². The molecule has 1 aromatic heterocycles. The Balaban J connectivity index is 1.53. The lowest BCUT2D eigenvalue weighted by Crippen LogP contribution is -2.26. The van der Waals surface area contributed by atoms with Crippen molar-refractivity contribution < 1.29 is 18.7 Å². The van der Waals surface area contributed by atoms with Crippen LogP contribution in [0.25, 0.3) is 0 Å². The molecule has 0 bridgehead atoms. The Morgan fingerprint density at radius 2 is 1.82 bits per heavy atom. The zero-order valence-corrected chi connectivity index (χ0v) is 15.5. The summed E-state index contributed by atoms with van der Waals surface area (Å²) < 4.78 is 15.9. The predicted molar refractivity (Wildman–Crippen MR) is 105 cm³/mol. The van der Waals surface area contributed by atoms with Crippen molar-refractivity contribution in [2.75, 3.05) is 13.7 Å². The Morgan fingerprint density at radius 3 is 2.57 bits per heavy atom. The molecule has 0 aliphatic heterocycles. The van der Waals surface area contributed by atoms with E-state index in [2.05, 4.69) is 5.32 Å². The normalized spacial score (nSPS) is 10.3. The van der Waals surface area contributed by atoms with Crippen molar-refractivity contribution in [3.63, 3.8) is 0 Å². The Morgan fingerprint density at radius 1 is 1.04 bits per heavy atom. The summed E-state index contributed by atoms with van der Waals surface area (Å²) in [5, 5.41) is 2.74. The number of nitrogens with one attached hydrogen (secondary N) is 1. The molecule has 0 saturated heterocycles. The summed E-state index contributed by atoms with van der Waals surface area (Å²) in [7, 11) is 1.61. The lowest BCUT2D eigenvalue weighted by Gasteiger charge is -2.07. The van der Waals surface area contributed by atoms with E-state index in [9.17, 15) is 9.59 Å². The van der Waals surface area contributed by atoms with Crippen LogP contribution in [0.4, 0.5) is 0 Å². The minimum atomic E-state index is -0.449. The average molecular weight is 379 g/mol. The Hall–Kier alpha value is -3.54. The number of methoxy groups -OCH3 is 1. The number of carbonyl (C=O) groups is 1. The molecule has 1 amide bonds. The van der Waals surface area contributed by atoms with Crippen molar-refractivity contribution in [2.45, 2.75) is 13.0 Å². The summed E-state index contributed by atoms with van der Waals surface area (Å²) in [4.78, 5) is 24.3. The van der Waals surface area contributed by atoms with Gasteiger partial charge in [-0.05, 0) is 29.7 Å². The van der Waals surface area contributed by atoms with E-state index in [0.29, 0.717) is 13.0 Å². The van der Waals surface area contributed by atoms with E-state index in [1.54, 1.807) is 7.11 Å². The molecule has 0 saturated carbocycles. The van der Waals surface area contributed by atoms with E-state index in [4.69, 9.17) is 13.9 Å². The average Bonchev–Trinajstić information content (AvgIpc) is 2.73. The number of carbonyl (C=O) groups excluding carboxylic acids is 1. The van der Waals surface area contributed by atoms with Crippen LogP contribution in [0.2, 0.25) is 0 Å². The number of rotatable bonds is 8. The maximum absolute atomic E-state index is 12.2. The van der Waals surface area contributed by atoms with E-state index in [1.807, 2.05) is 54.6 Å². The third-order valence-corrected chi connectivity index (χ3v) is 4.09. The van der Waals surface area contributed by atoms with Gasteiger partial charge in [-0.15, -0.1) is 0 Å². The molecule has 0 fully saturated rings. The van der Waals surface area contributed by atoms with Crippen LogP contribution in [0.3, 0.4) is 0 Å². The molecule has 28 heavy (non-hydrogen) atoms. The van der Waals surface area contributed by atoms with Gasteiger partial charge in [0.05, 0.1) is 7.11 Å². The summed E-state index contributed by atoms with van der Waals surface area (Å²) in [6.45, 7) is 0.652. The SMILES string of the molecule is COc1cccc(CCNC(=O)c2cc(=O)c(OCc3ccccc3)co2)c1. The number of hydrogen-bond donors (Lipinski definition) is 1. The van der Waals surface area contributed by atoms with E-state index in [0.717, 1.165) is 22.9 Å². The van der Waals surface area contributed by atoms with E-state index >= 15 is 0 Å². The number of amides is 1. The van der Waals surface area contributed by atoms with Gasteiger partial charge in [0.15, 0.2) is 5.76 Å². The molecule has 0 unspecified atom stereocenters. The molecule has 0 aliphatic carbocycles. The van der Waals surface area contributed by atoms with Gasteiger partial charge in [-0.1, -0.05) is 42.5 Å². The van der Waals surface area contributed by atoms with Gasteiger partial charge in [-0.2, -0.15) is 0 Å². The Labute approximate surface area is 162 Å². The Kier molecular flexibility index (Phi) is 6.46. The first-order valence-electron chi connectivity index (χ1n) is 8.86. The van der Waals surface area contributed by atoms with Crippen LogP contribution in [-0.2, 0) is 13.0 Å². The fourth-order valence-corrected chi connectivity index (χ4v) is 2.59. The highest BCUT2D eigenvalue weighted by atomic mass is 16.5. The van der Waals surface area contributed by atoms with Crippen LogP contribution >= 0.6 is 0 Å². The second-order valence-corrected chi connectivity index (χ2v) is 6.10. The molecular formula is C22H21NO5. The smallest absolute Gasteiger partial charge is 0.287 e. The topological polar surface area (TPSA) is 77.8 Å². The molecular weight excluding hydrogens is 358 g/mol. The summed E-state index contributed by atoms with van der Waals surface area (Å²) >= 11 is 0. The summed E-state index contributed by atoms with van der Waals surface area (Å²) in [6.07, 6.45) is 1.80. The van der Waals surface area contributed by atoms with Crippen molar-refractivity contribution >= 4 is 5.91 Å². The molecule has 0 aliphatic rings. The molecule has 6 heteroatoms. The van der Waals surface area contributed by atoms with Crippen molar-refractivity contribution in [3.8, 4) is 11.5 Å². The molecule has 0 radical (unpaired) electrons. The molecule has 3 aromatic rings. The van der Waals surface area contributed by atoms with E-state index in [-0.39, 0.29) is 18.1 Å². The monoisotopic (exact) mass is 379 g/mol. The summed E-state index contributed by atoms with van der Waals surface area (Å²) in [5.41, 5.74) is 1.56. The second kappa shape index (κ2) is 9.41. The standard InChI is InChI=1S/C22H21NO5/c1-26-18-9-5-8-16(12-18)10-11-23-22(25)20-13-19(24)21(15-28-20)27-14-17-6-3-2-4-7-17/h2-9,12-13,15H,10-11,14H2,1H3,(H,23,25). The van der Waals surface area contributed by atoms with E-state index < -0.39 is 11.3 Å². The third kappa shape index (κ3) is 5.23. The zero-order chi connectivity index (χ0) is 19.8. The number of hydrogen-bond acceptors (Lipinski definition) is 5. The van der Waals surface area contributed by atoms with Crippen LogP contribution in [0, 0.1) is 0 Å². The first kappa shape index (κ1) is 19.2. The third-order valence-electron chi connectivity index (χ3n) is 4.09. The van der Waals surface area contributed by atoms with Gasteiger partial charge in [0.1, 0.15) is 18.6 Å². The minimum absolute atomic E-state index is 0.0531. The molecule has 0 atom stereocenters. The van der Waals surface area contributed by atoms with E-state index in [1.165, 1.54) is 6.26 Å². The predicted octanol–water partition coefficient (Wildman–Crippen LogP) is 3.20. The van der Waals surface area contributed by atoms with Gasteiger partial charge in [0.2, 0.25) is 11.2 Å². The minimum Gasteiger partial charge on any atom is -0.497 e. The van der Waals surface area contributed by atoms with Gasteiger partial charge < -0.3 is 19.2 Å². The molecule has 0 spiro atoms.